The van der Waals surface area contributed by atoms with Crippen LogP contribution in [0, 0.1) is 13.8 Å². The summed E-state index contributed by atoms with van der Waals surface area (Å²) in [5.41, 5.74) is 25.1. The summed E-state index contributed by atoms with van der Waals surface area (Å²) in [6.07, 6.45) is 69.4. The zero-order valence-electron chi connectivity index (χ0n) is 55.9. The summed E-state index contributed by atoms with van der Waals surface area (Å²) in [6, 6.07) is 14.5. The van der Waals surface area contributed by atoms with E-state index in [1.807, 2.05) is 0 Å². The molecule has 81 heavy (non-hydrogen) atoms. The monoisotopic (exact) mass is 1210 g/mol. The van der Waals surface area contributed by atoms with Crippen LogP contribution >= 0.6 is 0 Å². The van der Waals surface area contributed by atoms with Gasteiger partial charge in [-0.3, -0.25) is 0 Å². The molecule has 0 spiro atoms. The van der Waals surface area contributed by atoms with E-state index in [9.17, 15) is 5.53 Å². The summed E-state index contributed by atoms with van der Waals surface area (Å²) in [5.74, 6) is 0. The molecule has 3 rings (SSSR count). The van der Waals surface area contributed by atoms with Crippen molar-refractivity contribution in [2.45, 2.75) is 389 Å². The summed E-state index contributed by atoms with van der Waals surface area (Å²) in [7, 11) is 0. The van der Waals surface area contributed by atoms with E-state index in [0.29, 0.717) is 0 Å². The number of hydrogen-bond donors (Lipinski definition) is 0. The fraction of sp³-hybridized carbons (Fsp3) is 0.769. The third-order valence-electron chi connectivity index (χ3n) is 17.1. The number of rotatable bonds is 52. The van der Waals surface area contributed by atoms with Crippen LogP contribution in [0.15, 0.2) is 47.5 Å². The first kappa shape index (κ1) is 79.2. The van der Waals surface area contributed by atoms with Gasteiger partial charge in [-0.25, -0.2) is 4.70 Å². The Morgan fingerprint density at radius 1 is 0.272 bits per heavy atom. The summed E-state index contributed by atoms with van der Waals surface area (Å²) < 4.78 is 1.61. The van der Waals surface area contributed by atoms with Crippen LogP contribution < -0.4 is 0 Å². The number of hydrogen-bond acceptors (Lipinski definition) is 0. The number of allylic oxidation sites excluding steroid dienone is 2. The van der Waals surface area contributed by atoms with Crippen LogP contribution in [0.5, 0.6) is 0 Å². The molecule has 0 atom stereocenters. The molecule has 2 aromatic carbocycles. The normalized spacial score (nSPS) is 12.2. The minimum Gasteiger partial charge on any atom is -0.493 e. The summed E-state index contributed by atoms with van der Waals surface area (Å²) in [6.45, 7) is 26.0. The molecule has 0 N–H and O–H groups in total. The predicted molar refractivity (Wildman–Crippen MR) is 363 cm³/mol. The Hall–Kier alpha value is -1.82. The molecule has 0 radical (unpaired) electrons. The molecule has 0 aromatic heterocycles. The Bertz CT molecular complexity index is 1660. The van der Waals surface area contributed by atoms with E-state index in [4.69, 9.17) is 0 Å². The van der Waals surface area contributed by atoms with Crippen molar-refractivity contribution >= 4 is 11.4 Å². The molecule has 0 aliphatic carbocycles. The van der Waals surface area contributed by atoms with Gasteiger partial charge in [-0.2, -0.15) is 12.8 Å². The van der Waals surface area contributed by atoms with Crippen LogP contribution in [0.1, 0.15) is 397 Å². The second-order valence-corrected chi connectivity index (χ2v) is 24.9. The second kappa shape index (κ2) is 58.6. The molecule has 0 amide bonds. The zero-order valence-corrected chi connectivity index (χ0v) is 57.4. The maximum atomic E-state index is 12.3. The maximum Gasteiger partial charge on any atom is 2.00 e. The van der Waals surface area contributed by atoms with Gasteiger partial charge in [0.05, 0.1) is 0 Å². The molecular formula is C78H138N2Pd. The van der Waals surface area contributed by atoms with E-state index in [2.05, 4.69) is 106 Å². The van der Waals surface area contributed by atoms with E-state index < -0.39 is 0 Å². The molecule has 470 valence electrons. The van der Waals surface area contributed by atoms with Gasteiger partial charge in [-0.15, -0.1) is 0 Å². The molecule has 1 heterocycles. The molecular weight excluding hydrogens is 1070 g/mol. The van der Waals surface area contributed by atoms with Crippen molar-refractivity contribution in [2.75, 3.05) is 0 Å². The SMILES string of the molecule is CCCCCCc1cc(CCCCCC)cc(C2=C(CCCC)C(CC)=C(c3cc(CCCC)cc(CCCC)c3)[N+]2=[N-])c1.[CH2-]CCCCCCCCCCCCCCCCC.[CH2-]CCCCCCCCCCCCCCCCC.[Pd+2]. The molecule has 2 nitrogen and oxygen atoms in total. The van der Waals surface area contributed by atoms with Crippen LogP contribution in [-0.2, 0) is 46.1 Å². The molecule has 3 heteroatoms. The zero-order chi connectivity index (χ0) is 58.4. The van der Waals surface area contributed by atoms with Crippen molar-refractivity contribution in [1.82, 2.24) is 0 Å². The number of unbranched alkanes of at least 4 members (excludes halogenated alkanes) is 39. The van der Waals surface area contributed by atoms with Crippen LogP contribution in [0.4, 0.5) is 0 Å². The Morgan fingerprint density at radius 2 is 0.494 bits per heavy atom. The number of benzene rings is 2. The average molecular weight is 1210 g/mol. The van der Waals surface area contributed by atoms with E-state index in [0.717, 1.165) is 75.6 Å². The Kier molecular flexibility index (Phi) is 57.2. The van der Waals surface area contributed by atoms with Gasteiger partial charge in [0.15, 0.2) is 0 Å². The van der Waals surface area contributed by atoms with Gasteiger partial charge < -0.3 is 19.4 Å². The number of nitrogens with zero attached hydrogens (tertiary/aromatic N) is 2. The Balaban J connectivity index is 0.00000143. The summed E-state index contributed by atoms with van der Waals surface area (Å²) >= 11 is 0. The molecule has 2 aromatic rings. The Labute approximate surface area is 522 Å². The largest absolute Gasteiger partial charge is 2.00 e. The molecule has 0 unspecified atom stereocenters. The van der Waals surface area contributed by atoms with Gasteiger partial charge in [0.25, 0.3) is 0 Å². The first-order valence-electron chi connectivity index (χ1n) is 36.1. The van der Waals surface area contributed by atoms with Gasteiger partial charge in [0.1, 0.15) is 0 Å². The van der Waals surface area contributed by atoms with Crippen molar-refractivity contribution < 1.29 is 25.1 Å². The van der Waals surface area contributed by atoms with Crippen LogP contribution in [0.2, 0.25) is 0 Å². The van der Waals surface area contributed by atoms with Gasteiger partial charge >= 0.3 is 20.4 Å². The molecule has 1 aliphatic rings. The first-order chi connectivity index (χ1) is 39.3. The van der Waals surface area contributed by atoms with Crippen molar-refractivity contribution in [1.29, 1.82) is 0 Å². The molecule has 0 saturated carbocycles. The van der Waals surface area contributed by atoms with Crippen LogP contribution in [-0.4, -0.2) is 4.70 Å². The van der Waals surface area contributed by atoms with Crippen molar-refractivity contribution in [3.63, 3.8) is 0 Å². The van der Waals surface area contributed by atoms with E-state index >= 15 is 0 Å². The topological polar surface area (TPSA) is 25.3 Å². The van der Waals surface area contributed by atoms with E-state index in [-0.39, 0.29) is 20.4 Å². The van der Waals surface area contributed by atoms with Gasteiger partial charge in [0, 0.05) is 22.3 Å². The maximum absolute atomic E-state index is 12.3. The van der Waals surface area contributed by atoms with E-state index in [1.165, 1.54) is 314 Å². The molecule has 0 saturated heterocycles. The molecule has 0 fully saturated rings. The first-order valence-corrected chi connectivity index (χ1v) is 36.1. The van der Waals surface area contributed by atoms with Crippen LogP contribution in [0.3, 0.4) is 0 Å². The third kappa shape index (κ3) is 40.2. The summed E-state index contributed by atoms with van der Waals surface area (Å²) in [5, 5.41) is 0. The van der Waals surface area contributed by atoms with Gasteiger partial charge in [0.2, 0.25) is 11.4 Å². The second-order valence-electron chi connectivity index (χ2n) is 24.9. The third-order valence-corrected chi connectivity index (χ3v) is 17.1. The predicted octanol–water partition coefficient (Wildman–Crippen LogP) is 27.5. The van der Waals surface area contributed by atoms with Crippen molar-refractivity contribution in [3.8, 4) is 0 Å². The van der Waals surface area contributed by atoms with Crippen LogP contribution in [0.25, 0.3) is 16.9 Å². The smallest absolute Gasteiger partial charge is 0.493 e. The standard InChI is InChI=1S/C42H64N2.2C18H37.Pd/c1-7-13-18-20-24-35-28-36(25-21-19-14-8-2)32-38(31-35)42-40(26-17-11-5)39(12-6)41(44(42)43)37-29-33(22-15-9-3)27-34(30-37)23-16-10-4;2*1-3-5-7-9-11-13-15-17-18-16-14-12-10-8-6-4-2;/h27-32H,7-26H2,1-6H3;2*1,3-18H2,2H3;/q;2*-1;+2. The minimum atomic E-state index is 0. The van der Waals surface area contributed by atoms with Gasteiger partial charge in [-0.1, -0.05) is 318 Å². The van der Waals surface area contributed by atoms with Crippen molar-refractivity contribution in [3.05, 3.63) is 100 Å². The molecule has 0 bridgehead atoms. The minimum absolute atomic E-state index is 0. The fourth-order valence-corrected chi connectivity index (χ4v) is 12.0. The fourth-order valence-electron chi connectivity index (χ4n) is 12.0. The average Bonchev–Trinajstić information content (AvgIpc) is 4.06. The summed E-state index contributed by atoms with van der Waals surface area (Å²) in [4.78, 5) is 0. The Morgan fingerprint density at radius 3 is 0.753 bits per heavy atom. The van der Waals surface area contributed by atoms with Gasteiger partial charge in [-0.05, 0) is 117 Å². The van der Waals surface area contributed by atoms with Crippen molar-refractivity contribution in [2.24, 2.45) is 0 Å². The number of aryl methyl sites for hydroxylation is 4. The van der Waals surface area contributed by atoms with E-state index in [1.54, 1.807) is 4.70 Å². The molecule has 1 aliphatic heterocycles. The quantitative estimate of drug-likeness (QED) is 0.0273.